The minimum absolute atomic E-state index is 0.0515. The first-order valence-electron chi connectivity index (χ1n) is 14.6. The number of benzene rings is 1. The molecule has 37 heavy (non-hydrogen) atoms. The fourth-order valence-electron chi connectivity index (χ4n) is 8.82. The molecule has 1 aromatic rings. The van der Waals surface area contributed by atoms with Crippen molar-refractivity contribution in [1.82, 2.24) is 0 Å². The van der Waals surface area contributed by atoms with E-state index in [0.29, 0.717) is 34.0 Å². The zero-order chi connectivity index (χ0) is 25.6. The molecule has 0 spiro atoms. The number of ketones is 2. The van der Waals surface area contributed by atoms with E-state index in [4.69, 9.17) is 0 Å². The quantitative estimate of drug-likeness (QED) is 0.355. The van der Waals surface area contributed by atoms with Crippen molar-refractivity contribution in [2.75, 3.05) is 0 Å². The number of rotatable bonds is 7. The molecular weight excluding hydrogens is 461 g/mol. The van der Waals surface area contributed by atoms with Gasteiger partial charge in [-0.25, -0.2) is 4.39 Å². The molecular formula is C33H40FNO2. The van der Waals surface area contributed by atoms with Gasteiger partial charge in [-0.2, -0.15) is 0 Å². The van der Waals surface area contributed by atoms with Crippen molar-refractivity contribution in [3.8, 4) is 0 Å². The maximum absolute atomic E-state index is 13.7. The zero-order valence-electron chi connectivity index (χ0n) is 22.2. The molecule has 0 radical (unpaired) electrons. The topological polar surface area (TPSA) is 46.5 Å². The Morgan fingerprint density at radius 3 is 2.65 bits per heavy atom. The van der Waals surface area contributed by atoms with E-state index < -0.39 is 0 Å². The molecule has 4 fully saturated rings. The van der Waals surface area contributed by atoms with Crippen molar-refractivity contribution in [1.29, 1.82) is 0 Å². The van der Waals surface area contributed by atoms with Crippen LogP contribution in [0.1, 0.15) is 101 Å². The number of allylic oxidation sites excluding steroid dienone is 3. The molecule has 5 aliphatic rings. The maximum atomic E-state index is 13.7. The first kappa shape index (κ1) is 24.9. The molecule has 4 unspecified atom stereocenters. The lowest BCUT2D eigenvalue weighted by molar-refractivity contribution is -0.130. The predicted octanol–water partition coefficient (Wildman–Crippen LogP) is 8.06. The van der Waals surface area contributed by atoms with Crippen LogP contribution in [0.3, 0.4) is 0 Å². The second-order valence-corrected chi connectivity index (χ2v) is 13.0. The van der Waals surface area contributed by atoms with Crippen LogP contribution in [-0.2, 0) is 4.79 Å². The van der Waals surface area contributed by atoms with Crippen molar-refractivity contribution in [2.24, 2.45) is 39.5 Å². The Balaban J connectivity index is 1.13. The Morgan fingerprint density at radius 1 is 1.03 bits per heavy atom. The monoisotopic (exact) mass is 501 g/mol. The van der Waals surface area contributed by atoms with Gasteiger partial charge < -0.3 is 0 Å². The first-order chi connectivity index (χ1) is 17.9. The molecule has 4 heteroatoms. The van der Waals surface area contributed by atoms with Crippen LogP contribution < -0.4 is 0 Å². The van der Waals surface area contributed by atoms with Crippen LogP contribution in [0.5, 0.6) is 0 Å². The fraction of sp³-hybridized carbons (Fsp3) is 0.606. The van der Waals surface area contributed by atoms with Crippen molar-refractivity contribution < 1.29 is 14.0 Å². The number of carbonyl (C=O) groups is 2. The molecule has 3 nitrogen and oxygen atoms in total. The molecule has 0 saturated heterocycles. The molecule has 196 valence electrons. The SMILES string of the molecule is CC1=C/CC/C(C(=O)C2CC[C@H]2C23CCC[C@](CC4CCC4C(=O)c4cccc(F)c4)(CC2)C3)=C/N=C\1. The van der Waals surface area contributed by atoms with E-state index in [0.717, 1.165) is 44.1 Å². The zero-order valence-corrected chi connectivity index (χ0v) is 22.2. The van der Waals surface area contributed by atoms with Crippen LogP contribution in [-0.4, -0.2) is 17.8 Å². The molecule has 1 aliphatic heterocycles. The van der Waals surface area contributed by atoms with Gasteiger partial charge in [-0.15, -0.1) is 0 Å². The number of hydrogen-bond donors (Lipinski definition) is 0. The second kappa shape index (κ2) is 9.75. The van der Waals surface area contributed by atoms with Gasteiger partial charge in [0.05, 0.1) is 0 Å². The number of aliphatic imine (C=N–C) groups is 1. The van der Waals surface area contributed by atoms with E-state index in [-0.39, 0.29) is 23.4 Å². The molecule has 1 aromatic carbocycles. The van der Waals surface area contributed by atoms with E-state index in [9.17, 15) is 14.0 Å². The van der Waals surface area contributed by atoms with Gasteiger partial charge in [-0.1, -0.05) is 24.6 Å². The Hall–Kier alpha value is -2.36. The Kier molecular flexibility index (Phi) is 6.57. The van der Waals surface area contributed by atoms with Crippen LogP contribution in [0.4, 0.5) is 4.39 Å². The summed E-state index contributed by atoms with van der Waals surface area (Å²) in [5.74, 6) is 1.34. The van der Waals surface area contributed by atoms with E-state index in [1.54, 1.807) is 12.1 Å². The average Bonchev–Trinajstić information content (AvgIpc) is 3.08. The molecule has 4 aliphatic carbocycles. The van der Waals surface area contributed by atoms with Crippen LogP contribution in [0.25, 0.3) is 0 Å². The minimum Gasteiger partial charge on any atom is -0.294 e. The summed E-state index contributed by atoms with van der Waals surface area (Å²) >= 11 is 0. The summed E-state index contributed by atoms with van der Waals surface area (Å²) in [5, 5.41) is 0. The summed E-state index contributed by atoms with van der Waals surface area (Å²) in [5.41, 5.74) is 3.26. The van der Waals surface area contributed by atoms with E-state index in [2.05, 4.69) is 18.0 Å². The van der Waals surface area contributed by atoms with Gasteiger partial charge >= 0.3 is 0 Å². The molecule has 6 rings (SSSR count). The fourth-order valence-corrected chi connectivity index (χ4v) is 8.82. The van der Waals surface area contributed by atoms with Crippen LogP contribution >= 0.6 is 0 Å². The highest BCUT2D eigenvalue weighted by Gasteiger charge is 2.59. The molecule has 6 atom stereocenters. The van der Waals surface area contributed by atoms with Crippen molar-refractivity contribution >= 4 is 17.8 Å². The van der Waals surface area contributed by atoms with Gasteiger partial charge in [0.25, 0.3) is 0 Å². The lowest BCUT2D eigenvalue weighted by Gasteiger charge is -2.52. The van der Waals surface area contributed by atoms with Gasteiger partial charge in [0, 0.05) is 35.4 Å². The molecule has 4 saturated carbocycles. The standard InChI is InChI=1S/C33H40FNO2/c1-22-5-2-7-25(20-35-19-22)31(37)28-11-12-29(28)33-14-4-13-32(21-33,15-16-33)18-24-9-10-27(24)30(36)23-6-3-8-26(34)17-23/h3,5-6,8,17,19-20,24,27-29H,2,4,7,9-16,18,21H2,1H3/b22-5-,25-20-,35-19-/t24?,27?,28?,29-,32-,33?/m1/s1. The van der Waals surface area contributed by atoms with Gasteiger partial charge in [-0.05, 0) is 124 Å². The summed E-state index contributed by atoms with van der Waals surface area (Å²) in [6.07, 6.45) is 20.5. The van der Waals surface area contributed by atoms with Gasteiger partial charge in [0.2, 0.25) is 0 Å². The highest BCUT2D eigenvalue weighted by molar-refractivity contribution is 5.99. The second-order valence-electron chi connectivity index (χ2n) is 13.0. The van der Waals surface area contributed by atoms with Crippen molar-refractivity contribution in [3.05, 3.63) is 59.1 Å². The summed E-state index contributed by atoms with van der Waals surface area (Å²) < 4.78 is 13.7. The summed E-state index contributed by atoms with van der Waals surface area (Å²) in [7, 11) is 0. The van der Waals surface area contributed by atoms with Gasteiger partial charge in [-0.3, -0.25) is 14.6 Å². The van der Waals surface area contributed by atoms with E-state index in [1.807, 2.05) is 12.4 Å². The predicted molar refractivity (Wildman–Crippen MR) is 145 cm³/mol. The lowest BCUT2D eigenvalue weighted by atomic mass is 9.51. The van der Waals surface area contributed by atoms with E-state index >= 15 is 0 Å². The highest BCUT2D eigenvalue weighted by atomic mass is 19.1. The number of fused-ring (bicyclic) bond motifs is 2. The minimum atomic E-state index is -0.327. The smallest absolute Gasteiger partial charge is 0.166 e. The molecule has 2 bridgehead atoms. The third kappa shape index (κ3) is 4.59. The number of carbonyl (C=O) groups excluding carboxylic acids is 2. The Labute approximate surface area is 220 Å². The first-order valence-corrected chi connectivity index (χ1v) is 14.6. The Morgan fingerprint density at radius 2 is 1.89 bits per heavy atom. The summed E-state index contributed by atoms with van der Waals surface area (Å²) in [4.78, 5) is 31.2. The number of nitrogens with zero attached hydrogens (tertiary/aromatic N) is 1. The maximum Gasteiger partial charge on any atom is 0.166 e. The van der Waals surface area contributed by atoms with Crippen LogP contribution in [0, 0.1) is 40.3 Å². The van der Waals surface area contributed by atoms with Gasteiger partial charge in [0.1, 0.15) is 5.82 Å². The summed E-state index contributed by atoms with van der Waals surface area (Å²) in [6, 6.07) is 6.22. The third-order valence-electron chi connectivity index (χ3n) is 10.9. The average molecular weight is 502 g/mol. The van der Waals surface area contributed by atoms with Crippen LogP contribution in [0.15, 0.2) is 52.7 Å². The number of Topliss-reactive ketones (excluding diaryl/α,β-unsaturated/α-hetero) is 2. The van der Waals surface area contributed by atoms with E-state index in [1.165, 1.54) is 62.7 Å². The molecule has 0 aromatic heterocycles. The summed E-state index contributed by atoms with van der Waals surface area (Å²) in [6.45, 7) is 2.06. The Bertz CT molecular complexity index is 1180. The lowest BCUT2D eigenvalue weighted by Crippen LogP contribution is -2.46. The largest absolute Gasteiger partial charge is 0.294 e. The molecule has 1 heterocycles. The normalized spacial score (nSPS) is 40.6. The van der Waals surface area contributed by atoms with Gasteiger partial charge in [0.15, 0.2) is 11.6 Å². The molecule has 0 N–H and O–H groups in total. The third-order valence-corrected chi connectivity index (χ3v) is 10.9. The van der Waals surface area contributed by atoms with Crippen molar-refractivity contribution in [2.45, 2.75) is 90.4 Å². The molecule has 0 amide bonds. The van der Waals surface area contributed by atoms with Crippen LogP contribution in [0.2, 0.25) is 0 Å². The number of halogens is 1. The number of hydrogen-bond acceptors (Lipinski definition) is 3. The highest BCUT2D eigenvalue weighted by Crippen LogP contribution is 2.68. The van der Waals surface area contributed by atoms with Crippen molar-refractivity contribution in [3.63, 3.8) is 0 Å².